The number of piperazine rings is 1. The molecule has 7 heteroatoms. The van der Waals surface area contributed by atoms with E-state index in [0.29, 0.717) is 5.56 Å². The molecule has 0 aromatic heterocycles. The maximum atomic E-state index is 10.4. The van der Waals surface area contributed by atoms with E-state index in [1.54, 1.807) is 6.07 Å². The van der Waals surface area contributed by atoms with Crippen LogP contribution in [0.2, 0.25) is 0 Å². The van der Waals surface area contributed by atoms with Crippen LogP contribution >= 0.6 is 40.7 Å². The number of hydrogen-bond acceptors (Lipinski definition) is 4. The summed E-state index contributed by atoms with van der Waals surface area (Å²) in [5.74, 6) is 0.0967. The number of aromatic hydroxyl groups is 1. The van der Waals surface area contributed by atoms with Gasteiger partial charge in [-0.25, -0.2) is 0 Å². The van der Waals surface area contributed by atoms with Crippen LogP contribution in [0.4, 0.5) is 0 Å². The third-order valence-electron chi connectivity index (χ3n) is 3.85. The summed E-state index contributed by atoms with van der Waals surface area (Å²) in [6.45, 7) is 7.55. The fourth-order valence-electron chi connectivity index (χ4n) is 2.77. The van der Waals surface area contributed by atoms with Crippen molar-refractivity contribution >= 4 is 40.7 Å². The Balaban J connectivity index is 0.00000242. The van der Waals surface area contributed by atoms with E-state index in [9.17, 15) is 5.11 Å². The Morgan fingerprint density at radius 1 is 1.39 bits per heavy atom. The zero-order valence-corrected chi connectivity index (χ0v) is 16.0. The molecule has 1 atom stereocenters. The van der Waals surface area contributed by atoms with Crippen LogP contribution in [0.25, 0.3) is 0 Å². The first kappa shape index (κ1) is 22.2. The molecule has 0 saturated carbocycles. The van der Waals surface area contributed by atoms with E-state index in [1.807, 2.05) is 12.1 Å². The molecule has 0 bridgehead atoms. The number of phenols is 1. The van der Waals surface area contributed by atoms with Gasteiger partial charge in [-0.05, 0) is 25.0 Å². The first-order valence-corrected chi connectivity index (χ1v) is 7.95. The third kappa shape index (κ3) is 5.37. The highest BCUT2D eigenvalue weighted by molar-refractivity contribution is 9.10. The first-order valence-electron chi connectivity index (χ1n) is 7.16. The highest BCUT2D eigenvalue weighted by Crippen LogP contribution is 2.39. The second-order valence-corrected chi connectivity index (χ2v) is 5.99. The summed E-state index contributed by atoms with van der Waals surface area (Å²) < 4.78 is 0.853. The van der Waals surface area contributed by atoms with Gasteiger partial charge in [-0.15, -0.1) is 31.4 Å². The van der Waals surface area contributed by atoms with Gasteiger partial charge in [0.25, 0.3) is 0 Å². The predicted octanol–water partition coefficient (Wildman–Crippen LogP) is 3.78. The minimum Gasteiger partial charge on any atom is -0.506 e. The molecule has 1 heterocycles. The quantitative estimate of drug-likeness (QED) is 0.708. The molecule has 23 heavy (non-hydrogen) atoms. The van der Waals surface area contributed by atoms with Gasteiger partial charge in [0.15, 0.2) is 0 Å². The number of allylic oxidation sites excluding steroid dienone is 1. The lowest BCUT2D eigenvalue weighted by Crippen LogP contribution is -2.45. The molecule has 1 aromatic rings. The molecular weight excluding hydrogens is 401 g/mol. The van der Waals surface area contributed by atoms with Crippen LogP contribution in [0, 0.1) is 11.3 Å². The van der Waals surface area contributed by atoms with Crippen LogP contribution in [0.5, 0.6) is 5.75 Å². The molecule has 0 unspecified atom stereocenters. The topological polar surface area (TPSA) is 59.3 Å². The van der Waals surface area contributed by atoms with Crippen molar-refractivity contribution in [2.75, 3.05) is 26.2 Å². The number of benzene rings is 1. The molecule has 128 valence electrons. The molecule has 2 N–H and O–H groups in total. The van der Waals surface area contributed by atoms with E-state index in [2.05, 4.69) is 38.8 Å². The number of nitrogens with zero attached hydrogens (tertiary/aromatic N) is 2. The molecule has 1 aliphatic heterocycles. The Bertz CT molecular complexity index is 557. The molecule has 1 aliphatic rings. The maximum absolute atomic E-state index is 10.4. The summed E-state index contributed by atoms with van der Waals surface area (Å²) in [7, 11) is 0. The molecule has 4 nitrogen and oxygen atoms in total. The molecule has 1 fully saturated rings. The van der Waals surface area contributed by atoms with E-state index in [4.69, 9.17) is 5.26 Å². The Labute approximate surface area is 158 Å². The summed E-state index contributed by atoms with van der Waals surface area (Å²) in [5, 5.41) is 22.9. The minimum atomic E-state index is 0. The summed E-state index contributed by atoms with van der Waals surface area (Å²) in [6, 6.07) is 5.63. The highest BCUT2D eigenvalue weighted by Gasteiger charge is 2.27. The van der Waals surface area contributed by atoms with Crippen molar-refractivity contribution < 1.29 is 5.11 Å². The average Bonchev–Trinajstić information content (AvgIpc) is 2.51. The molecule has 1 saturated heterocycles. The Morgan fingerprint density at radius 3 is 2.61 bits per heavy atom. The van der Waals surface area contributed by atoms with Crippen LogP contribution in [-0.2, 0) is 0 Å². The van der Waals surface area contributed by atoms with Crippen molar-refractivity contribution in [1.82, 2.24) is 10.2 Å². The van der Waals surface area contributed by atoms with E-state index in [0.717, 1.165) is 49.1 Å². The molecule has 0 amide bonds. The number of nitrogens with one attached hydrogen (secondary N) is 1. The molecule has 0 aliphatic carbocycles. The summed E-state index contributed by atoms with van der Waals surface area (Å²) in [5.41, 5.74) is 1.14. The largest absolute Gasteiger partial charge is 0.506 e. The summed E-state index contributed by atoms with van der Waals surface area (Å²) in [6.07, 6.45) is 3.65. The minimum absolute atomic E-state index is 0. The molecule has 0 spiro atoms. The van der Waals surface area contributed by atoms with Crippen molar-refractivity contribution in [3.63, 3.8) is 0 Å². The third-order valence-corrected chi connectivity index (χ3v) is 4.55. The zero-order valence-electron chi connectivity index (χ0n) is 12.8. The number of rotatable bonds is 5. The van der Waals surface area contributed by atoms with Gasteiger partial charge in [0.2, 0.25) is 0 Å². The summed E-state index contributed by atoms with van der Waals surface area (Å²) in [4.78, 5) is 2.36. The van der Waals surface area contributed by atoms with Crippen molar-refractivity contribution in [3.8, 4) is 11.8 Å². The normalized spacial score (nSPS) is 15.7. The van der Waals surface area contributed by atoms with Crippen LogP contribution in [0.1, 0.15) is 30.0 Å². The fraction of sp³-hybridized carbons (Fsp3) is 0.438. The molecular formula is C16H22BrCl2N3O. The van der Waals surface area contributed by atoms with Gasteiger partial charge in [0, 0.05) is 42.3 Å². The van der Waals surface area contributed by atoms with Gasteiger partial charge in [-0.3, -0.25) is 4.90 Å². The monoisotopic (exact) mass is 421 g/mol. The Morgan fingerprint density at radius 2 is 2.04 bits per heavy atom. The van der Waals surface area contributed by atoms with Gasteiger partial charge in [-0.1, -0.05) is 22.0 Å². The lowest BCUT2D eigenvalue weighted by Gasteiger charge is -2.36. The summed E-state index contributed by atoms with van der Waals surface area (Å²) >= 11 is 3.53. The van der Waals surface area contributed by atoms with E-state index >= 15 is 0 Å². The van der Waals surface area contributed by atoms with E-state index in [1.165, 1.54) is 0 Å². The lowest BCUT2D eigenvalue weighted by atomic mass is 9.96. The molecule has 0 radical (unpaired) electrons. The SMILES string of the molecule is C=CCC[C@H](c1c(Br)ccc(C#N)c1O)N1CCNCC1.Cl.Cl. The molecule has 1 aromatic carbocycles. The van der Waals surface area contributed by atoms with Crippen LogP contribution in [-0.4, -0.2) is 36.2 Å². The van der Waals surface area contributed by atoms with Gasteiger partial charge >= 0.3 is 0 Å². The standard InChI is InChI=1S/C16H20BrN3O.2ClH/c1-2-3-4-14(20-9-7-19-8-10-20)15-13(17)6-5-12(11-18)16(15)21;;/h2,5-6,14,19,21H,1,3-4,7-10H2;2*1H/t14-;;/m1../s1. The van der Waals surface area contributed by atoms with Crippen molar-refractivity contribution in [2.45, 2.75) is 18.9 Å². The maximum Gasteiger partial charge on any atom is 0.139 e. The van der Waals surface area contributed by atoms with E-state index < -0.39 is 0 Å². The van der Waals surface area contributed by atoms with Gasteiger partial charge in [0.05, 0.1) is 5.56 Å². The van der Waals surface area contributed by atoms with E-state index in [-0.39, 0.29) is 36.6 Å². The Hall–Kier alpha value is -0.770. The lowest BCUT2D eigenvalue weighted by molar-refractivity contribution is 0.163. The second kappa shape index (κ2) is 10.9. The van der Waals surface area contributed by atoms with Crippen molar-refractivity contribution in [2.24, 2.45) is 0 Å². The van der Waals surface area contributed by atoms with Crippen LogP contribution < -0.4 is 5.32 Å². The molecule has 2 rings (SSSR count). The van der Waals surface area contributed by atoms with Crippen LogP contribution in [0.3, 0.4) is 0 Å². The highest BCUT2D eigenvalue weighted by atomic mass is 79.9. The fourth-order valence-corrected chi connectivity index (χ4v) is 3.35. The number of hydrogen-bond donors (Lipinski definition) is 2. The van der Waals surface area contributed by atoms with Gasteiger partial charge < -0.3 is 10.4 Å². The zero-order chi connectivity index (χ0) is 15.2. The van der Waals surface area contributed by atoms with Crippen molar-refractivity contribution in [1.29, 1.82) is 5.26 Å². The first-order chi connectivity index (χ1) is 10.2. The number of phenolic OH excluding ortho intramolecular Hbond substituents is 1. The smallest absolute Gasteiger partial charge is 0.139 e. The van der Waals surface area contributed by atoms with Crippen molar-refractivity contribution in [3.05, 3.63) is 40.4 Å². The predicted molar refractivity (Wildman–Crippen MR) is 102 cm³/mol. The Kier molecular flexibility index (Phi) is 10.5. The number of nitriles is 1. The van der Waals surface area contributed by atoms with Gasteiger partial charge in [-0.2, -0.15) is 5.26 Å². The van der Waals surface area contributed by atoms with Crippen LogP contribution in [0.15, 0.2) is 29.3 Å². The van der Waals surface area contributed by atoms with Gasteiger partial charge in [0.1, 0.15) is 11.8 Å². The average molecular weight is 423 g/mol. The second-order valence-electron chi connectivity index (χ2n) is 5.14. The number of halogens is 3.